The maximum Gasteiger partial charge on any atom is -0.0326 e. The summed E-state index contributed by atoms with van der Waals surface area (Å²) in [5, 5.41) is 0. The predicted molar refractivity (Wildman–Crippen MR) is 201 cm³/mol. The molecule has 0 saturated heterocycles. The van der Waals surface area contributed by atoms with Crippen molar-refractivity contribution in [3.05, 3.63) is 0 Å². The van der Waals surface area contributed by atoms with Crippen molar-refractivity contribution in [3.8, 4) is 0 Å². The van der Waals surface area contributed by atoms with E-state index < -0.39 is 0 Å². The lowest BCUT2D eigenvalue weighted by Crippen LogP contribution is -2.45. The van der Waals surface area contributed by atoms with E-state index in [4.69, 9.17) is 0 Å². The lowest BCUT2D eigenvalue weighted by molar-refractivity contribution is -0.0317. The van der Waals surface area contributed by atoms with E-state index in [1.807, 2.05) is 0 Å². The van der Waals surface area contributed by atoms with Crippen LogP contribution in [0.2, 0.25) is 0 Å². The predicted octanol–water partition coefficient (Wildman–Crippen LogP) is 14.2. The van der Waals surface area contributed by atoms with Gasteiger partial charge < -0.3 is 0 Å². The minimum absolute atomic E-state index is 0.980. The summed E-state index contributed by atoms with van der Waals surface area (Å²) in [6.45, 7) is 8.14. The van der Waals surface area contributed by atoms with Crippen LogP contribution in [0.3, 0.4) is 0 Å². The smallest absolute Gasteiger partial charge is 0.0326 e. The van der Waals surface area contributed by atoms with Crippen LogP contribution < -0.4 is 0 Å². The Bertz CT molecular complexity index is 981. The summed E-state index contributed by atoms with van der Waals surface area (Å²) in [4.78, 5) is 0. The van der Waals surface area contributed by atoms with Crippen LogP contribution in [0.15, 0.2) is 0 Å². The maximum atomic E-state index is 2.79. The molecule has 8 aliphatic rings. The van der Waals surface area contributed by atoms with E-state index in [0.717, 1.165) is 101 Å². The van der Waals surface area contributed by atoms with Gasteiger partial charge in [0.25, 0.3) is 0 Å². The first-order chi connectivity index (χ1) is 23.0. The van der Waals surface area contributed by atoms with E-state index in [0.29, 0.717) is 0 Å². The molecule has 0 bridgehead atoms. The SMILES string of the molecule is CC1CCC(C2CCCC(C3CCCC(C)C(C4CCCC4C4CCCC5CCCC54)C4CCCCC34)C2)CC(C)C2CCCC2C1. The molecular weight excluding hydrogens is 565 g/mol. The molecule has 17 atom stereocenters. The molecule has 0 spiro atoms. The van der Waals surface area contributed by atoms with Gasteiger partial charge in [0.05, 0.1) is 0 Å². The molecule has 0 heterocycles. The van der Waals surface area contributed by atoms with Crippen molar-refractivity contribution in [3.63, 3.8) is 0 Å². The van der Waals surface area contributed by atoms with Gasteiger partial charge in [-0.3, -0.25) is 0 Å². The van der Waals surface area contributed by atoms with Gasteiger partial charge in [0, 0.05) is 0 Å². The molecule has 0 aliphatic heterocycles. The molecule has 8 fully saturated rings. The quantitative estimate of drug-likeness (QED) is 0.286. The largest absolute Gasteiger partial charge is 0.0625 e. The van der Waals surface area contributed by atoms with Gasteiger partial charge in [-0.25, -0.2) is 0 Å². The normalized spacial score (nSPS) is 53.0. The molecule has 8 rings (SSSR count). The van der Waals surface area contributed by atoms with Crippen molar-refractivity contribution >= 4 is 0 Å². The topological polar surface area (TPSA) is 0 Å². The van der Waals surface area contributed by atoms with E-state index in [-0.39, 0.29) is 0 Å². The Morgan fingerprint density at radius 2 is 0.702 bits per heavy atom. The van der Waals surface area contributed by atoms with Gasteiger partial charge >= 0.3 is 0 Å². The van der Waals surface area contributed by atoms with Crippen molar-refractivity contribution in [1.82, 2.24) is 0 Å². The molecule has 8 saturated carbocycles. The minimum Gasteiger partial charge on any atom is -0.0625 e. The first-order valence-electron chi connectivity index (χ1n) is 23.0. The maximum absolute atomic E-state index is 2.79. The zero-order valence-corrected chi connectivity index (χ0v) is 31.9. The van der Waals surface area contributed by atoms with E-state index in [1.54, 1.807) is 167 Å². The Morgan fingerprint density at radius 3 is 1.47 bits per heavy atom. The Kier molecular flexibility index (Phi) is 11.1. The van der Waals surface area contributed by atoms with E-state index in [2.05, 4.69) is 20.8 Å². The first kappa shape index (κ1) is 34.1. The molecular formula is C47H80. The van der Waals surface area contributed by atoms with Crippen molar-refractivity contribution in [2.45, 2.75) is 194 Å². The molecule has 0 nitrogen and oxygen atoms in total. The molecule has 0 aromatic heterocycles. The lowest BCUT2D eigenvalue weighted by Gasteiger charge is -2.52. The van der Waals surface area contributed by atoms with Crippen molar-refractivity contribution in [1.29, 1.82) is 0 Å². The first-order valence-corrected chi connectivity index (χ1v) is 23.0. The van der Waals surface area contributed by atoms with Crippen LogP contribution >= 0.6 is 0 Å². The Balaban J connectivity index is 1.00. The van der Waals surface area contributed by atoms with Crippen LogP contribution in [0, 0.1) is 101 Å². The van der Waals surface area contributed by atoms with Gasteiger partial charge in [-0.05, 0) is 178 Å². The van der Waals surface area contributed by atoms with E-state index in [1.165, 1.54) is 6.42 Å². The van der Waals surface area contributed by atoms with E-state index >= 15 is 0 Å². The fourth-order valence-corrected chi connectivity index (χ4v) is 16.9. The summed E-state index contributed by atoms with van der Waals surface area (Å²) >= 11 is 0. The molecule has 8 aliphatic carbocycles. The van der Waals surface area contributed by atoms with Gasteiger partial charge in [-0.1, -0.05) is 117 Å². The summed E-state index contributed by atoms with van der Waals surface area (Å²) < 4.78 is 0. The fraction of sp³-hybridized carbons (Fsp3) is 1.00. The highest BCUT2D eigenvalue weighted by molar-refractivity contribution is 5.01. The van der Waals surface area contributed by atoms with Gasteiger partial charge in [-0.2, -0.15) is 0 Å². The van der Waals surface area contributed by atoms with Crippen LogP contribution in [0.25, 0.3) is 0 Å². The molecule has 0 radical (unpaired) electrons. The molecule has 268 valence electrons. The van der Waals surface area contributed by atoms with Gasteiger partial charge in [-0.15, -0.1) is 0 Å². The molecule has 17 unspecified atom stereocenters. The standard InChI is InChI=1S/C47H80/c1-31-26-27-36(29-33(3)39-20-10-17-37(39)28-31)35-15-7-16-38(30-35)41-21-6-12-32(2)47(45-19-5-4-18-43(41)45)46-25-11-24-44(46)42-23-9-14-34-13-8-22-40(34)42/h31-47H,4-30H2,1-3H3. The van der Waals surface area contributed by atoms with Crippen molar-refractivity contribution < 1.29 is 0 Å². The number of fused-ring (bicyclic) bond motifs is 3. The van der Waals surface area contributed by atoms with Gasteiger partial charge in [0.1, 0.15) is 0 Å². The number of hydrogen-bond donors (Lipinski definition) is 0. The Morgan fingerprint density at radius 1 is 0.255 bits per heavy atom. The molecule has 0 heteroatoms. The van der Waals surface area contributed by atoms with E-state index in [9.17, 15) is 0 Å². The van der Waals surface area contributed by atoms with Gasteiger partial charge in [0.15, 0.2) is 0 Å². The summed E-state index contributed by atoms with van der Waals surface area (Å²) in [6.07, 6.45) is 42.8. The van der Waals surface area contributed by atoms with Crippen LogP contribution in [-0.4, -0.2) is 0 Å². The summed E-state index contributed by atoms with van der Waals surface area (Å²) in [5.74, 6) is 18.2. The number of rotatable bonds is 4. The molecule has 0 aromatic rings. The highest BCUT2D eigenvalue weighted by Gasteiger charge is 2.51. The zero-order chi connectivity index (χ0) is 31.9. The third-order valence-corrected chi connectivity index (χ3v) is 18.7. The van der Waals surface area contributed by atoms with Crippen molar-refractivity contribution in [2.75, 3.05) is 0 Å². The van der Waals surface area contributed by atoms with Crippen LogP contribution in [0.5, 0.6) is 0 Å². The Hall–Kier alpha value is 0. The fourth-order valence-electron chi connectivity index (χ4n) is 16.9. The summed E-state index contributed by atoms with van der Waals surface area (Å²) in [5.41, 5.74) is 0. The zero-order valence-electron chi connectivity index (χ0n) is 31.9. The average Bonchev–Trinajstić information content (AvgIpc) is 3.86. The van der Waals surface area contributed by atoms with Crippen molar-refractivity contribution in [2.24, 2.45) is 101 Å². The highest BCUT2D eigenvalue weighted by atomic mass is 14.6. The van der Waals surface area contributed by atoms with Crippen LogP contribution in [-0.2, 0) is 0 Å². The second-order valence-electron chi connectivity index (χ2n) is 20.9. The second kappa shape index (κ2) is 15.3. The van der Waals surface area contributed by atoms with Gasteiger partial charge in [0.2, 0.25) is 0 Å². The third-order valence-electron chi connectivity index (χ3n) is 18.7. The lowest BCUT2D eigenvalue weighted by atomic mass is 9.53. The minimum atomic E-state index is 0.980. The average molecular weight is 645 g/mol. The summed E-state index contributed by atoms with van der Waals surface area (Å²) in [7, 11) is 0. The second-order valence-corrected chi connectivity index (χ2v) is 20.9. The monoisotopic (exact) mass is 645 g/mol. The Labute approximate surface area is 293 Å². The molecule has 47 heavy (non-hydrogen) atoms. The number of hydrogen-bond acceptors (Lipinski definition) is 0. The third kappa shape index (κ3) is 7.10. The molecule has 0 amide bonds. The van der Waals surface area contributed by atoms with Crippen LogP contribution in [0.4, 0.5) is 0 Å². The summed E-state index contributed by atoms with van der Waals surface area (Å²) in [6, 6.07) is 0. The molecule has 0 N–H and O–H groups in total. The highest BCUT2D eigenvalue weighted by Crippen LogP contribution is 2.60. The molecule has 0 aromatic carbocycles. The van der Waals surface area contributed by atoms with Crippen LogP contribution in [0.1, 0.15) is 194 Å².